The Morgan fingerprint density at radius 3 is 2.15 bits per heavy atom. The molecule has 0 bridgehead atoms. The molecule has 2 heterocycles. The Morgan fingerprint density at radius 2 is 1.59 bits per heavy atom. The predicted octanol–water partition coefficient (Wildman–Crippen LogP) is 10.0. The summed E-state index contributed by atoms with van der Waals surface area (Å²) < 4.78 is 11.7. The maximum atomic E-state index is 11.7. The van der Waals surface area contributed by atoms with Crippen LogP contribution in [0.4, 0.5) is 0 Å². The summed E-state index contributed by atoms with van der Waals surface area (Å²) in [5.74, 6) is 1.70. The van der Waals surface area contributed by atoms with Crippen LogP contribution >= 0.6 is 27.5 Å². The topological polar surface area (TPSA) is 54.6 Å². The molecule has 0 radical (unpaired) electrons. The van der Waals surface area contributed by atoms with Crippen LogP contribution in [0.15, 0.2) is 71.2 Å². The highest BCUT2D eigenvalue weighted by Gasteiger charge is 2.31. The SMILES string of the molecule is CC.CCCC.CCCOc1ccc(C2c3[nH]c4ccc(Br)cc4c3CCN2C=O)cc1.COc1ccc(Cl)cc1. The highest BCUT2D eigenvalue weighted by atomic mass is 79.9. The number of nitrogens with zero attached hydrogens (tertiary/aromatic N) is 1. The summed E-state index contributed by atoms with van der Waals surface area (Å²) in [6.45, 7) is 11.9. The van der Waals surface area contributed by atoms with Crippen LogP contribution < -0.4 is 9.47 Å². The molecule has 7 heteroatoms. The number of methoxy groups -OCH3 is 1. The summed E-state index contributed by atoms with van der Waals surface area (Å²) in [6.07, 6.45) is 5.44. The van der Waals surface area contributed by atoms with Crippen LogP contribution in [0.5, 0.6) is 11.5 Å². The highest BCUT2D eigenvalue weighted by molar-refractivity contribution is 9.10. The molecule has 222 valence electrons. The number of amides is 1. The molecule has 4 aromatic rings. The van der Waals surface area contributed by atoms with Gasteiger partial charge in [-0.25, -0.2) is 0 Å². The molecule has 1 aliphatic heterocycles. The number of fused-ring (bicyclic) bond motifs is 3. The number of rotatable bonds is 7. The molecule has 1 aliphatic rings. The second kappa shape index (κ2) is 18.5. The first-order valence-electron chi connectivity index (χ1n) is 14.5. The molecular formula is C34H44BrClN2O3. The summed E-state index contributed by atoms with van der Waals surface area (Å²) in [7, 11) is 1.63. The Hall–Kier alpha value is -2.96. The number of aromatic nitrogens is 1. The minimum Gasteiger partial charge on any atom is -0.497 e. The molecule has 1 amide bonds. The van der Waals surface area contributed by atoms with Crippen molar-refractivity contribution in [3.05, 3.63) is 93.0 Å². The van der Waals surface area contributed by atoms with Crippen molar-refractivity contribution in [1.29, 1.82) is 0 Å². The monoisotopic (exact) mass is 642 g/mol. The Balaban J connectivity index is 0.000000325. The fourth-order valence-electron chi connectivity index (χ4n) is 4.29. The molecule has 0 aliphatic carbocycles. The van der Waals surface area contributed by atoms with Crippen molar-refractivity contribution in [3.63, 3.8) is 0 Å². The van der Waals surface area contributed by atoms with E-state index in [1.165, 1.54) is 23.8 Å². The van der Waals surface area contributed by atoms with Crippen LogP contribution in [0.1, 0.15) is 76.7 Å². The van der Waals surface area contributed by atoms with E-state index in [4.69, 9.17) is 21.1 Å². The van der Waals surface area contributed by atoms with E-state index >= 15 is 0 Å². The Morgan fingerprint density at radius 1 is 0.951 bits per heavy atom. The van der Waals surface area contributed by atoms with E-state index in [1.807, 2.05) is 49.1 Å². The average Bonchev–Trinajstić information content (AvgIpc) is 3.39. The average molecular weight is 644 g/mol. The maximum Gasteiger partial charge on any atom is 0.210 e. The smallest absolute Gasteiger partial charge is 0.210 e. The van der Waals surface area contributed by atoms with Crippen molar-refractivity contribution in [2.24, 2.45) is 0 Å². The maximum absolute atomic E-state index is 11.7. The number of H-pyrrole nitrogens is 1. The van der Waals surface area contributed by atoms with Gasteiger partial charge in [0.05, 0.1) is 19.8 Å². The minimum atomic E-state index is -0.0948. The summed E-state index contributed by atoms with van der Waals surface area (Å²) in [6, 6.07) is 21.5. The van der Waals surface area contributed by atoms with Gasteiger partial charge in [0, 0.05) is 32.6 Å². The third kappa shape index (κ3) is 9.82. The van der Waals surface area contributed by atoms with E-state index < -0.39 is 0 Å². The molecule has 5 rings (SSSR count). The van der Waals surface area contributed by atoms with Gasteiger partial charge in [-0.1, -0.05) is 87.1 Å². The van der Waals surface area contributed by atoms with Crippen molar-refractivity contribution in [2.75, 3.05) is 20.3 Å². The molecule has 1 atom stereocenters. The quantitative estimate of drug-likeness (QED) is 0.204. The number of hydrogen-bond acceptors (Lipinski definition) is 3. The Kier molecular flexibility index (Phi) is 15.4. The van der Waals surface area contributed by atoms with Gasteiger partial charge in [0.15, 0.2) is 0 Å². The Bertz CT molecular complexity index is 1300. The van der Waals surface area contributed by atoms with E-state index in [0.29, 0.717) is 13.2 Å². The number of nitrogens with one attached hydrogen (secondary N) is 1. The fourth-order valence-corrected chi connectivity index (χ4v) is 4.78. The van der Waals surface area contributed by atoms with Crippen LogP contribution in [0, 0.1) is 0 Å². The van der Waals surface area contributed by atoms with Crippen LogP contribution in [0.2, 0.25) is 5.02 Å². The number of ether oxygens (including phenoxy) is 2. The molecule has 0 spiro atoms. The highest BCUT2D eigenvalue weighted by Crippen LogP contribution is 2.38. The number of unbranched alkanes of at least 4 members (excludes halogenated alkanes) is 1. The normalized spacial score (nSPS) is 13.4. The van der Waals surface area contributed by atoms with E-state index in [-0.39, 0.29) is 6.04 Å². The lowest BCUT2D eigenvalue weighted by atomic mass is 9.93. The first-order valence-corrected chi connectivity index (χ1v) is 15.7. The second-order valence-corrected chi connectivity index (χ2v) is 10.6. The van der Waals surface area contributed by atoms with Gasteiger partial charge in [-0.2, -0.15) is 0 Å². The van der Waals surface area contributed by atoms with E-state index in [1.54, 1.807) is 19.2 Å². The lowest BCUT2D eigenvalue weighted by Gasteiger charge is -2.33. The molecule has 0 saturated heterocycles. The summed E-state index contributed by atoms with van der Waals surface area (Å²) in [5, 5.41) is 1.96. The first kappa shape index (κ1) is 34.2. The first-order chi connectivity index (χ1) is 19.9. The molecule has 1 aromatic heterocycles. The zero-order valence-corrected chi connectivity index (χ0v) is 27.5. The molecular weight excluding hydrogens is 600 g/mol. The van der Waals surface area contributed by atoms with Crippen molar-refractivity contribution in [2.45, 2.75) is 66.3 Å². The molecule has 41 heavy (non-hydrogen) atoms. The summed E-state index contributed by atoms with van der Waals surface area (Å²) >= 11 is 9.18. The summed E-state index contributed by atoms with van der Waals surface area (Å²) in [4.78, 5) is 17.1. The lowest BCUT2D eigenvalue weighted by molar-refractivity contribution is -0.120. The van der Waals surface area contributed by atoms with Crippen LogP contribution in [-0.4, -0.2) is 36.6 Å². The van der Waals surface area contributed by atoms with Crippen molar-refractivity contribution < 1.29 is 14.3 Å². The van der Waals surface area contributed by atoms with Gasteiger partial charge in [-0.05, 0) is 78.6 Å². The van der Waals surface area contributed by atoms with Crippen molar-refractivity contribution >= 4 is 44.8 Å². The van der Waals surface area contributed by atoms with Crippen molar-refractivity contribution in [1.82, 2.24) is 9.88 Å². The van der Waals surface area contributed by atoms with Gasteiger partial charge in [-0.3, -0.25) is 4.79 Å². The number of carbonyl (C=O) groups excluding carboxylic acids is 1. The van der Waals surface area contributed by atoms with E-state index in [2.05, 4.69) is 66.0 Å². The largest absolute Gasteiger partial charge is 0.497 e. The second-order valence-electron chi connectivity index (χ2n) is 9.28. The molecule has 1 N–H and O–H groups in total. The molecule has 0 saturated carbocycles. The third-order valence-corrected chi connectivity index (χ3v) is 7.22. The molecule has 5 nitrogen and oxygen atoms in total. The molecule has 0 fully saturated rings. The summed E-state index contributed by atoms with van der Waals surface area (Å²) in [5.41, 5.74) is 4.61. The minimum absolute atomic E-state index is 0.0948. The van der Waals surface area contributed by atoms with Gasteiger partial charge >= 0.3 is 0 Å². The van der Waals surface area contributed by atoms with Crippen molar-refractivity contribution in [3.8, 4) is 11.5 Å². The van der Waals surface area contributed by atoms with Crippen LogP contribution in [-0.2, 0) is 11.2 Å². The van der Waals surface area contributed by atoms with Gasteiger partial charge in [-0.15, -0.1) is 0 Å². The molecule has 3 aromatic carbocycles. The zero-order chi connectivity index (χ0) is 30.2. The van der Waals surface area contributed by atoms with E-state index in [9.17, 15) is 4.79 Å². The fraction of sp³-hybridized carbons (Fsp3) is 0.382. The predicted molar refractivity (Wildman–Crippen MR) is 176 cm³/mol. The van der Waals surface area contributed by atoms with Gasteiger partial charge in [0.25, 0.3) is 0 Å². The number of hydrogen-bond donors (Lipinski definition) is 1. The van der Waals surface area contributed by atoms with Gasteiger partial charge in [0.1, 0.15) is 11.5 Å². The van der Waals surface area contributed by atoms with Gasteiger partial charge in [0.2, 0.25) is 6.41 Å². The lowest BCUT2D eigenvalue weighted by Crippen LogP contribution is -2.34. The third-order valence-electron chi connectivity index (χ3n) is 6.48. The standard InChI is InChI=1S/C21H21BrN2O2.C7H7ClO.C4H10.C2H6/c1-2-11-26-16-6-3-14(4-7-16)21-20-17(9-10-24(21)13-25)18-12-15(22)5-8-19(18)23-20;1-9-7-4-2-6(8)3-5-7;1-3-4-2;1-2/h3-8,12-13,21,23H,2,9-11H2,1H3;2-5H,1H3;3-4H2,1-2H3;1-2H3. The molecule has 1 unspecified atom stereocenters. The number of aromatic amines is 1. The van der Waals surface area contributed by atoms with E-state index in [0.717, 1.165) is 57.0 Å². The van der Waals surface area contributed by atoms with Crippen LogP contribution in [0.25, 0.3) is 10.9 Å². The van der Waals surface area contributed by atoms with Crippen LogP contribution in [0.3, 0.4) is 0 Å². The number of halogens is 2. The van der Waals surface area contributed by atoms with Gasteiger partial charge < -0.3 is 19.4 Å². The number of benzene rings is 3. The Labute approximate surface area is 259 Å². The zero-order valence-electron chi connectivity index (χ0n) is 25.2. The number of carbonyl (C=O) groups is 1.